The zero-order valence-corrected chi connectivity index (χ0v) is 13.8. The fourth-order valence-electron chi connectivity index (χ4n) is 1.60. The van der Waals surface area contributed by atoms with Crippen LogP contribution < -0.4 is 14.2 Å². The number of halogens is 1. The van der Waals surface area contributed by atoms with Crippen LogP contribution in [0.15, 0.2) is 12.1 Å². The Labute approximate surface area is 131 Å². The van der Waals surface area contributed by atoms with Gasteiger partial charge in [0.05, 0.1) is 26.9 Å². The highest BCUT2D eigenvalue weighted by Gasteiger charge is 2.17. The average molecular weight is 320 g/mol. The van der Waals surface area contributed by atoms with E-state index >= 15 is 0 Å². The van der Waals surface area contributed by atoms with Gasteiger partial charge in [-0.1, -0.05) is 0 Å². The van der Waals surface area contributed by atoms with Crippen LogP contribution >= 0.6 is 12.4 Å². The van der Waals surface area contributed by atoms with Gasteiger partial charge in [0.15, 0.2) is 11.5 Å². The quantitative estimate of drug-likeness (QED) is 0.715. The molecule has 1 aromatic rings. The Balaban J connectivity index is 0.00000400. The average Bonchev–Trinajstić information content (AvgIpc) is 2.44. The highest BCUT2D eigenvalue weighted by molar-refractivity contribution is 5.91. The first-order chi connectivity index (χ1) is 9.53. The van der Waals surface area contributed by atoms with Crippen LogP contribution in [0.2, 0.25) is 0 Å². The lowest BCUT2D eigenvalue weighted by atomic mass is 10.2. The van der Waals surface area contributed by atoms with E-state index in [1.54, 1.807) is 12.1 Å². The molecule has 0 aliphatic rings. The molecule has 0 N–H and O–H groups in total. The number of esters is 1. The highest BCUT2D eigenvalue weighted by Crippen LogP contribution is 2.38. The first kappa shape index (κ1) is 19.3. The van der Waals surface area contributed by atoms with Crippen molar-refractivity contribution < 1.29 is 23.7 Å². The number of carbonyl (C=O) groups excluding carboxylic acids is 1. The maximum atomic E-state index is 12.0. The topological polar surface area (TPSA) is 57.2 Å². The number of benzene rings is 1. The van der Waals surface area contributed by atoms with Gasteiger partial charge in [0.2, 0.25) is 5.75 Å². The third-order valence-corrected chi connectivity index (χ3v) is 2.67. The Hall–Kier alpha value is -1.66. The molecule has 0 radical (unpaired) electrons. The summed E-state index contributed by atoms with van der Waals surface area (Å²) in [5.74, 6) is 0.865. The molecule has 0 unspecified atom stereocenters. The van der Waals surface area contributed by atoms with Crippen molar-refractivity contribution >= 4 is 18.4 Å². The highest BCUT2D eigenvalue weighted by atomic mass is 35.5. The molecule has 0 saturated heterocycles. The van der Waals surface area contributed by atoms with E-state index in [0.717, 1.165) is 0 Å². The fraction of sp³-hybridized carbons (Fsp3) is 0.500. The molecule has 6 nitrogen and oxygen atoms in total. The number of rotatable bonds is 7. The summed E-state index contributed by atoms with van der Waals surface area (Å²) < 4.78 is 20.8. The second-order valence-electron chi connectivity index (χ2n) is 4.35. The maximum absolute atomic E-state index is 12.0. The van der Waals surface area contributed by atoms with Crippen LogP contribution in [0.4, 0.5) is 0 Å². The van der Waals surface area contributed by atoms with E-state index in [4.69, 9.17) is 18.9 Å². The van der Waals surface area contributed by atoms with Crippen LogP contribution in [0.25, 0.3) is 0 Å². The minimum atomic E-state index is -0.425. The third-order valence-electron chi connectivity index (χ3n) is 2.67. The van der Waals surface area contributed by atoms with Crippen molar-refractivity contribution in [1.29, 1.82) is 0 Å². The van der Waals surface area contributed by atoms with Gasteiger partial charge < -0.3 is 23.8 Å². The van der Waals surface area contributed by atoms with Gasteiger partial charge in [-0.15, -0.1) is 12.4 Å². The van der Waals surface area contributed by atoms with Gasteiger partial charge in [-0.25, -0.2) is 4.79 Å². The van der Waals surface area contributed by atoms with Gasteiger partial charge in [0.1, 0.15) is 6.61 Å². The van der Waals surface area contributed by atoms with Crippen molar-refractivity contribution in [2.24, 2.45) is 0 Å². The molecule has 0 heterocycles. The number of hydrogen-bond donors (Lipinski definition) is 0. The van der Waals surface area contributed by atoms with E-state index in [-0.39, 0.29) is 12.4 Å². The molecule has 120 valence electrons. The summed E-state index contributed by atoms with van der Waals surface area (Å²) in [7, 11) is 8.33. The molecule has 0 aliphatic carbocycles. The second kappa shape index (κ2) is 9.31. The minimum absolute atomic E-state index is 0. The van der Waals surface area contributed by atoms with Crippen LogP contribution in [-0.4, -0.2) is 59.4 Å². The Kier molecular flexibility index (Phi) is 8.57. The molecule has 21 heavy (non-hydrogen) atoms. The molecular weight excluding hydrogens is 298 g/mol. The molecule has 1 rings (SSSR count). The maximum Gasteiger partial charge on any atom is 0.338 e. The van der Waals surface area contributed by atoms with Crippen molar-refractivity contribution in [2.75, 3.05) is 48.6 Å². The summed E-state index contributed by atoms with van der Waals surface area (Å²) in [5.41, 5.74) is 0.359. The summed E-state index contributed by atoms with van der Waals surface area (Å²) in [5, 5.41) is 0. The lowest BCUT2D eigenvalue weighted by molar-refractivity contribution is 0.0481. The van der Waals surface area contributed by atoms with Gasteiger partial charge in [-0.3, -0.25) is 0 Å². The van der Waals surface area contributed by atoms with Crippen molar-refractivity contribution in [3.05, 3.63) is 17.7 Å². The minimum Gasteiger partial charge on any atom is -0.493 e. The largest absolute Gasteiger partial charge is 0.493 e. The predicted molar refractivity (Wildman–Crippen MR) is 82.2 cm³/mol. The van der Waals surface area contributed by atoms with E-state index < -0.39 is 5.97 Å². The van der Waals surface area contributed by atoms with Gasteiger partial charge in [-0.05, 0) is 26.2 Å². The first-order valence-corrected chi connectivity index (χ1v) is 6.15. The Bertz CT molecular complexity index is 440. The summed E-state index contributed by atoms with van der Waals surface area (Å²) in [6, 6.07) is 3.14. The molecule has 0 fully saturated rings. The summed E-state index contributed by atoms with van der Waals surface area (Å²) in [6.45, 7) is 0.985. The van der Waals surface area contributed by atoms with Crippen LogP contribution in [0.5, 0.6) is 17.2 Å². The molecule has 0 atom stereocenters. The van der Waals surface area contributed by atoms with Crippen molar-refractivity contribution in [3.8, 4) is 17.2 Å². The van der Waals surface area contributed by atoms with E-state index in [0.29, 0.717) is 36.0 Å². The summed E-state index contributed by atoms with van der Waals surface area (Å²) >= 11 is 0. The van der Waals surface area contributed by atoms with Crippen LogP contribution in [-0.2, 0) is 4.74 Å². The summed E-state index contributed by atoms with van der Waals surface area (Å²) in [4.78, 5) is 13.9. The fourth-order valence-corrected chi connectivity index (χ4v) is 1.60. The van der Waals surface area contributed by atoms with Gasteiger partial charge in [0.25, 0.3) is 0 Å². The third kappa shape index (κ3) is 5.32. The SMILES string of the molecule is COc1cc(C(=O)OCCN(C)C)cc(OC)c1OC.Cl. The number of nitrogens with zero attached hydrogens (tertiary/aromatic N) is 1. The number of hydrogen-bond acceptors (Lipinski definition) is 6. The summed E-state index contributed by atoms with van der Waals surface area (Å²) in [6.07, 6.45) is 0. The van der Waals surface area contributed by atoms with Crippen LogP contribution in [0, 0.1) is 0 Å². The molecule has 0 aliphatic heterocycles. The van der Waals surface area contributed by atoms with Crippen LogP contribution in [0.3, 0.4) is 0 Å². The van der Waals surface area contributed by atoms with Crippen molar-refractivity contribution in [2.45, 2.75) is 0 Å². The lowest BCUT2D eigenvalue weighted by Gasteiger charge is -2.14. The monoisotopic (exact) mass is 319 g/mol. The van der Waals surface area contributed by atoms with Gasteiger partial charge in [0, 0.05) is 6.54 Å². The Morgan fingerprint density at radius 2 is 1.57 bits per heavy atom. The van der Waals surface area contributed by atoms with Crippen molar-refractivity contribution in [3.63, 3.8) is 0 Å². The number of likely N-dealkylation sites (N-methyl/N-ethyl adjacent to an activating group) is 1. The van der Waals surface area contributed by atoms with E-state index in [2.05, 4.69) is 0 Å². The molecule has 0 saturated carbocycles. The van der Waals surface area contributed by atoms with Crippen molar-refractivity contribution in [1.82, 2.24) is 4.90 Å². The molecular formula is C14H22ClNO5. The zero-order valence-electron chi connectivity index (χ0n) is 13.0. The smallest absolute Gasteiger partial charge is 0.338 e. The van der Waals surface area contributed by atoms with Gasteiger partial charge in [-0.2, -0.15) is 0 Å². The Morgan fingerprint density at radius 1 is 1.05 bits per heavy atom. The van der Waals surface area contributed by atoms with E-state index in [1.807, 2.05) is 19.0 Å². The van der Waals surface area contributed by atoms with E-state index in [1.165, 1.54) is 21.3 Å². The van der Waals surface area contributed by atoms with E-state index in [9.17, 15) is 4.79 Å². The zero-order chi connectivity index (χ0) is 15.1. The molecule has 0 amide bonds. The predicted octanol–water partition coefficient (Wildman–Crippen LogP) is 1.85. The Morgan fingerprint density at radius 3 is 1.95 bits per heavy atom. The lowest BCUT2D eigenvalue weighted by Crippen LogP contribution is -2.20. The molecule has 7 heteroatoms. The van der Waals surface area contributed by atoms with Crippen LogP contribution in [0.1, 0.15) is 10.4 Å². The number of methoxy groups -OCH3 is 3. The number of carbonyl (C=O) groups is 1. The van der Waals surface area contributed by atoms with Gasteiger partial charge >= 0.3 is 5.97 Å². The molecule has 0 aromatic heterocycles. The number of ether oxygens (including phenoxy) is 4. The molecule has 0 bridgehead atoms. The molecule has 1 aromatic carbocycles. The normalized spacial score (nSPS) is 9.81. The molecule has 0 spiro atoms. The first-order valence-electron chi connectivity index (χ1n) is 6.15. The second-order valence-corrected chi connectivity index (χ2v) is 4.35. The standard InChI is InChI=1S/C14H21NO5.ClH/c1-15(2)6-7-20-14(16)10-8-11(17-3)13(19-5)12(9-10)18-4;/h8-9H,6-7H2,1-5H3;1H.